The molecule has 0 unspecified atom stereocenters. The molecule has 104 valence electrons. The Morgan fingerprint density at radius 2 is 2.21 bits per heavy atom. The Morgan fingerprint density at radius 3 is 2.79 bits per heavy atom. The van der Waals surface area contributed by atoms with Crippen molar-refractivity contribution in [3.63, 3.8) is 0 Å². The molecule has 1 aromatic carbocycles. The van der Waals surface area contributed by atoms with E-state index in [-0.39, 0.29) is 11.6 Å². The van der Waals surface area contributed by atoms with E-state index in [9.17, 15) is 14.9 Å². The summed E-state index contributed by atoms with van der Waals surface area (Å²) in [6, 6.07) is 4.29. The van der Waals surface area contributed by atoms with Gasteiger partial charge in [0.1, 0.15) is 0 Å². The molecular formula is C12H15BrN2O4. The molecule has 19 heavy (non-hydrogen) atoms. The molecule has 0 aliphatic rings. The van der Waals surface area contributed by atoms with Crippen molar-refractivity contribution in [2.75, 3.05) is 25.1 Å². The third-order valence-electron chi connectivity index (χ3n) is 2.41. The molecule has 6 nitrogen and oxygen atoms in total. The van der Waals surface area contributed by atoms with Gasteiger partial charge in [-0.3, -0.25) is 14.9 Å². The smallest absolute Gasteiger partial charge is 0.272 e. The maximum absolute atomic E-state index is 11.8. The lowest BCUT2D eigenvalue weighted by Crippen LogP contribution is -2.27. The van der Waals surface area contributed by atoms with Gasteiger partial charge in [-0.15, -0.1) is 0 Å². The molecule has 1 amide bonds. The summed E-state index contributed by atoms with van der Waals surface area (Å²) in [5.74, 6) is -0.263. The van der Waals surface area contributed by atoms with Crippen LogP contribution in [0.25, 0.3) is 0 Å². The normalized spacial score (nSPS) is 10.2. The van der Waals surface area contributed by atoms with E-state index in [1.165, 1.54) is 18.2 Å². The zero-order valence-corrected chi connectivity index (χ0v) is 12.1. The molecule has 0 radical (unpaired) electrons. The third-order valence-corrected chi connectivity index (χ3v) is 2.73. The molecule has 0 heterocycles. The van der Waals surface area contributed by atoms with E-state index >= 15 is 0 Å². The highest BCUT2D eigenvalue weighted by atomic mass is 79.9. The Labute approximate surface area is 119 Å². The van der Waals surface area contributed by atoms with Crippen LogP contribution < -0.4 is 5.32 Å². The first-order chi connectivity index (χ1) is 9.06. The van der Waals surface area contributed by atoms with Crippen molar-refractivity contribution in [2.24, 2.45) is 0 Å². The molecule has 7 heteroatoms. The molecule has 0 aliphatic heterocycles. The van der Waals surface area contributed by atoms with Crippen LogP contribution in [0.2, 0.25) is 0 Å². The first-order valence-electron chi connectivity index (χ1n) is 5.73. The standard InChI is InChI=1S/C12H15BrN2O4/c1-9-8-10(2-3-11(9)15(17)18)12(16)14-5-7-19-6-4-13/h2-3,8H,4-7H2,1H3,(H,14,16). The second-order valence-corrected chi connectivity index (χ2v) is 4.61. The summed E-state index contributed by atoms with van der Waals surface area (Å²) in [6.07, 6.45) is 0. The highest BCUT2D eigenvalue weighted by Crippen LogP contribution is 2.18. The predicted octanol–water partition coefficient (Wildman–Crippen LogP) is 2.04. The number of hydrogen-bond acceptors (Lipinski definition) is 4. The number of benzene rings is 1. The molecule has 0 aliphatic carbocycles. The molecular weight excluding hydrogens is 316 g/mol. The van der Waals surface area contributed by atoms with E-state index in [4.69, 9.17) is 4.74 Å². The summed E-state index contributed by atoms with van der Waals surface area (Å²) in [4.78, 5) is 22.0. The molecule has 0 spiro atoms. The van der Waals surface area contributed by atoms with E-state index in [1.807, 2.05) is 0 Å². The summed E-state index contributed by atoms with van der Waals surface area (Å²) in [5.41, 5.74) is 0.883. The van der Waals surface area contributed by atoms with Gasteiger partial charge in [0, 0.05) is 29.1 Å². The summed E-state index contributed by atoms with van der Waals surface area (Å²) in [7, 11) is 0. The average Bonchev–Trinajstić information content (AvgIpc) is 2.37. The minimum Gasteiger partial charge on any atom is -0.379 e. The maximum atomic E-state index is 11.8. The lowest BCUT2D eigenvalue weighted by atomic mass is 10.1. The van der Waals surface area contributed by atoms with Crippen LogP contribution in [0.1, 0.15) is 15.9 Å². The number of nitro benzene ring substituents is 1. The second-order valence-electron chi connectivity index (χ2n) is 3.82. The summed E-state index contributed by atoms with van der Waals surface area (Å²) in [6.45, 7) is 3.03. The van der Waals surface area contributed by atoms with Crippen molar-refractivity contribution in [3.05, 3.63) is 39.4 Å². The minimum atomic E-state index is -0.467. The molecule has 1 rings (SSSR count). The lowest BCUT2D eigenvalue weighted by Gasteiger charge is -2.06. The molecule has 1 aromatic rings. The first-order valence-corrected chi connectivity index (χ1v) is 6.85. The minimum absolute atomic E-state index is 0.0113. The zero-order chi connectivity index (χ0) is 14.3. The number of nitro groups is 1. The molecule has 0 bridgehead atoms. The van der Waals surface area contributed by atoms with E-state index in [2.05, 4.69) is 21.2 Å². The van der Waals surface area contributed by atoms with Crippen molar-refractivity contribution in [2.45, 2.75) is 6.92 Å². The van der Waals surface area contributed by atoms with Gasteiger partial charge in [-0.1, -0.05) is 15.9 Å². The Morgan fingerprint density at radius 1 is 1.47 bits per heavy atom. The van der Waals surface area contributed by atoms with Gasteiger partial charge in [-0.05, 0) is 19.1 Å². The van der Waals surface area contributed by atoms with Crippen LogP contribution in [0.15, 0.2) is 18.2 Å². The van der Waals surface area contributed by atoms with Crippen LogP contribution in [0.3, 0.4) is 0 Å². The van der Waals surface area contributed by atoms with Gasteiger partial charge in [0.15, 0.2) is 0 Å². The number of halogens is 1. The molecule has 0 saturated heterocycles. The van der Waals surface area contributed by atoms with Crippen LogP contribution in [-0.4, -0.2) is 35.9 Å². The van der Waals surface area contributed by atoms with Crippen LogP contribution >= 0.6 is 15.9 Å². The zero-order valence-electron chi connectivity index (χ0n) is 10.5. The first kappa shape index (κ1) is 15.6. The molecule has 0 aromatic heterocycles. The number of ether oxygens (including phenoxy) is 1. The Balaban J connectivity index is 2.53. The molecule has 1 N–H and O–H groups in total. The van der Waals surface area contributed by atoms with E-state index in [0.29, 0.717) is 30.9 Å². The van der Waals surface area contributed by atoms with Gasteiger partial charge in [0.2, 0.25) is 0 Å². The van der Waals surface area contributed by atoms with Gasteiger partial charge in [-0.2, -0.15) is 0 Å². The number of rotatable bonds is 7. The van der Waals surface area contributed by atoms with E-state index < -0.39 is 4.92 Å². The number of aryl methyl sites for hydroxylation is 1. The summed E-state index contributed by atoms with van der Waals surface area (Å²) < 4.78 is 5.19. The van der Waals surface area contributed by atoms with Crippen LogP contribution in [-0.2, 0) is 4.74 Å². The van der Waals surface area contributed by atoms with Crippen molar-refractivity contribution >= 4 is 27.5 Å². The van der Waals surface area contributed by atoms with Crippen molar-refractivity contribution < 1.29 is 14.5 Å². The third kappa shape index (κ3) is 4.96. The van der Waals surface area contributed by atoms with Gasteiger partial charge in [0.25, 0.3) is 11.6 Å². The van der Waals surface area contributed by atoms with Crippen molar-refractivity contribution in [1.82, 2.24) is 5.32 Å². The van der Waals surface area contributed by atoms with Crippen LogP contribution in [0.5, 0.6) is 0 Å². The van der Waals surface area contributed by atoms with E-state index in [1.54, 1.807) is 6.92 Å². The Hall–Kier alpha value is -1.47. The summed E-state index contributed by atoms with van der Waals surface area (Å²) in [5, 5.41) is 14.1. The van der Waals surface area contributed by atoms with Gasteiger partial charge < -0.3 is 10.1 Å². The number of carbonyl (C=O) groups is 1. The van der Waals surface area contributed by atoms with Gasteiger partial charge in [0.05, 0.1) is 18.1 Å². The molecule has 0 atom stereocenters. The van der Waals surface area contributed by atoms with Gasteiger partial charge in [-0.25, -0.2) is 0 Å². The molecule has 0 saturated carbocycles. The topological polar surface area (TPSA) is 81.5 Å². The quantitative estimate of drug-likeness (QED) is 0.359. The fraction of sp³-hybridized carbons (Fsp3) is 0.417. The second kappa shape index (κ2) is 7.85. The number of nitrogens with one attached hydrogen (secondary N) is 1. The van der Waals surface area contributed by atoms with Crippen molar-refractivity contribution in [3.8, 4) is 0 Å². The fourth-order valence-corrected chi connectivity index (χ4v) is 1.73. The largest absolute Gasteiger partial charge is 0.379 e. The SMILES string of the molecule is Cc1cc(C(=O)NCCOCCBr)ccc1[N+](=O)[O-]. The number of amides is 1. The Kier molecular flexibility index (Phi) is 6.44. The average molecular weight is 331 g/mol. The number of carbonyl (C=O) groups excluding carboxylic acids is 1. The van der Waals surface area contributed by atoms with E-state index in [0.717, 1.165) is 5.33 Å². The molecule has 0 fully saturated rings. The fourth-order valence-electron chi connectivity index (χ4n) is 1.50. The van der Waals surface area contributed by atoms with Crippen LogP contribution in [0, 0.1) is 17.0 Å². The Bertz CT molecular complexity index is 465. The van der Waals surface area contributed by atoms with Crippen LogP contribution in [0.4, 0.5) is 5.69 Å². The number of alkyl halides is 1. The number of hydrogen-bond donors (Lipinski definition) is 1. The predicted molar refractivity (Wildman–Crippen MR) is 74.8 cm³/mol. The number of nitrogens with zero attached hydrogens (tertiary/aromatic N) is 1. The highest BCUT2D eigenvalue weighted by molar-refractivity contribution is 9.09. The summed E-state index contributed by atoms with van der Waals surface area (Å²) >= 11 is 3.23. The van der Waals surface area contributed by atoms with Gasteiger partial charge >= 0.3 is 0 Å². The highest BCUT2D eigenvalue weighted by Gasteiger charge is 2.13. The maximum Gasteiger partial charge on any atom is 0.272 e. The lowest BCUT2D eigenvalue weighted by molar-refractivity contribution is -0.385. The monoisotopic (exact) mass is 330 g/mol. The van der Waals surface area contributed by atoms with Crippen molar-refractivity contribution in [1.29, 1.82) is 0 Å².